The first-order valence-corrected chi connectivity index (χ1v) is 5.75. The predicted octanol–water partition coefficient (Wildman–Crippen LogP) is 1.94. The molecule has 0 aromatic heterocycles. The standard InChI is InChI=1S/C13H14FNO3/c1-6-8-3-2-7(4-11(16)17)13(18)12(8)10(15)5-9(6)14/h5,7H,2-4,15H2,1H3,(H,16,17). The van der Waals surface area contributed by atoms with Gasteiger partial charge in [0.2, 0.25) is 0 Å². The van der Waals surface area contributed by atoms with Crippen LogP contribution in [0.15, 0.2) is 6.07 Å². The number of nitrogens with two attached hydrogens (primary N) is 1. The average Bonchev–Trinajstić information content (AvgIpc) is 2.28. The highest BCUT2D eigenvalue weighted by Gasteiger charge is 2.32. The molecule has 1 aromatic carbocycles. The Hall–Kier alpha value is -1.91. The van der Waals surface area contributed by atoms with Gasteiger partial charge in [-0.25, -0.2) is 4.39 Å². The molecule has 1 aliphatic rings. The van der Waals surface area contributed by atoms with Gasteiger partial charge in [-0.3, -0.25) is 9.59 Å². The Kier molecular flexibility index (Phi) is 3.07. The number of carboxylic acids is 1. The summed E-state index contributed by atoms with van der Waals surface area (Å²) in [4.78, 5) is 22.9. The van der Waals surface area contributed by atoms with Crippen molar-refractivity contribution in [3.05, 3.63) is 28.6 Å². The molecule has 0 saturated carbocycles. The summed E-state index contributed by atoms with van der Waals surface area (Å²) in [5, 5.41) is 8.76. The zero-order valence-electron chi connectivity index (χ0n) is 10.00. The summed E-state index contributed by atoms with van der Waals surface area (Å²) in [6, 6.07) is 1.13. The van der Waals surface area contributed by atoms with Crippen molar-refractivity contribution >= 4 is 17.4 Å². The van der Waals surface area contributed by atoms with E-state index in [0.29, 0.717) is 29.5 Å². The van der Waals surface area contributed by atoms with Gasteiger partial charge in [-0.05, 0) is 37.0 Å². The number of nitrogen functional groups attached to an aromatic ring is 1. The summed E-state index contributed by atoms with van der Waals surface area (Å²) in [7, 11) is 0. The van der Waals surface area contributed by atoms with Gasteiger partial charge < -0.3 is 10.8 Å². The van der Waals surface area contributed by atoms with E-state index in [4.69, 9.17) is 10.8 Å². The Labute approximate surface area is 104 Å². The normalized spacial score (nSPS) is 18.6. The Morgan fingerprint density at radius 1 is 1.61 bits per heavy atom. The van der Waals surface area contributed by atoms with E-state index in [1.807, 2.05) is 0 Å². The molecule has 1 unspecified atom stereocenters. The Morgan fingerprint density at radius 3 is 2.89 bits per heavy atom. The third kappa shape index (κ3) is 1.96. The molecule has 3 N–H and O–H groups in total. The smallest absolute Gasteiger partial charge is 0.304 e. The van der Waals surface area contributed by atoms with E-state index in [2.05, 4.69) is 0 Å². The van der Waals surface area contributed by atoms with Crippen molar-refractivity contribution in [2.75, 3.05) is 5.73 Å². The topological polar surface area (TPSA) is 80.4 Å². The molecule has 0 saturated heterocycles. The highest BCUT2D eigenvalue weighted by molar-refractivity contribution is 6.05. The van der Waals surface area contributed by atoms with Crippen LogP contribution in [0.1, 0.15) is 34.3 Å². The van der Waals surface area contributed by atoms with Gasteiger partial charge in [0.05, 0.1) is 6.42 Å². The van der Waals surface area contributed by atoms with Gasteiger partial charge in [-0.2, -0.15) is 0 Å². The number of hydrogen-bond acceptors (Lipinski definition) is 3. The molecule has 0 fully saturated rings. The summed E-state index contributed by atoms with van der Waals surface area (Å²) >= 11 is 0. The van der Waals surface area contributed by atoms with Gasteiger partial charge in [0.15, 0.2) is 5.78 Å². The number of hydrogen-bond donors (Lipinski definition) is 2. The van der Waals surface area contributed by atoms with Gasteiger partial charge >= 0.3 is 5.97 Å². The summed E-state index contributed by atoms with van der Waals surface area (Å²) in [6.45, 7) is 1.61. The number of rotatable bonds is 2. The average molecular weight is 251 g/mol. The monoisotopic (exact) mass is 251 g/mol. The molecule has 0 bridgehead atoms. The number of Topliss-reactive ketones (excluding diaryl/α,β-unsaturated/α-hetero) is 1. The molecule has 0 radical (unpaired) electrons. The lowest BCUT2D eigenvalue weighted by molar-refractivity contribution is -0.137. The van der Waals surface area contributed by atoms with Crippen LogP contribution in [0.25, 0.3) is 0 Å². The third-order valence-electron chi connectivity index (χ3n) is 3.46. The predicted molar refractivity (Wildman–Crippen MR) is 63.9 cm³/mol. The second kappa shape index (κ2) is 4.40. The maximum Gasteiger partial charge on any atom is 0.304 e. The van der Waals surface area contributed by atoms with Gasteiger partial charge in [-0.15, -0.1) is 0 Å². The molecule has 2 rings (SSSR count). The Morgan fingerprint density at radius 2 is 2.28 bits per heavy atom. The molecule has 18 heavy (non-hydrogen) atoms. The molecule has 5 heteroatoms. The quantitative estimate of drug-likeness (QED) is 0.787. The number of ketones is 1. The van der Waals surface area contributed by atoms with Crippen LogP contribution in [0, 0.1) is 18.7 Å². The van der Waals surface area contributed by atoms with Crippen molar-refractivity contribution in [1.29, 1.82) is 0 Å². The van der Waals surface area contributed by atoms with Crippen molar-refractivity contribution < 1.29 is 19.1 Å². The van der Waals surface area contributed by atoms with Crippen LogP contribution in [0.2, 0.25) is 0 Å². The fraction of sp³-hybridized carbons (Fsp3) is 0.385. The molecule has 96 valence electrons. The molecule has 4 nitrogen and oxygen atoms in total. The summed E-state index contributed by atoms with van der Waals surface area (Å²) in [6.07, 6.45) is 0.725. The van der Waals surface area contributed by atoms with Gasteiger partial charge in [0, 0.05) is 17.2 Å². The van der Waals surface area contributed by atoms with Crippen LogP contribution < -0.4 is 5.73 Å². The van der Waals surface area contributed by atoms with E-state index in [1.165, 1.54) is 0 Å². The third-order valence-corrected chi connectivity index (χ3v) is 3.46. The van der Waals surface area contributed by atoms with Gasteiger partial charge in [0.25, 0.3) is 0 Å². The molecular weight excluding hydrogens is 237 g/mol. The number of carbonyl (C=O) groups is 2. The first-order chi connectivity index (χ1) is 8.41. The highest BCUT2D eigenvalue weighted by atomic mass is 19.1. The molecule has 0 spiro atoms. The molecule has 0 heterocycles. The maximum atomic E-state index is 13.5. The molecule has 1 aliphatic carbocycles. The SMILES string of the molecule is Cc1c(F)cc(N)c2c1CCC(CC(=O)O)C2=O. The number of benzene rings is 1. The molecular formula is C13H14FNO3. The van der Waals surface area contributed by atoms with Crippen LogP contribution in [0.3, 0.4) is 0 Å². The van der Waals surface area contributed by atoms with Crippen molar-refractivity contribution in [2.24, 2.45) is 5.92 Å². The lowest BCUT2D eigenvalue weighted by atomic mass is 9.78. The number of halogens is 1. The van der Waals surface area contributed by atoms with E-state index >= 15 is 0 Å². The number of aliphatic carboxylic acids is 1. The number of carboxylic acid groups (broad SMARTS) is 1. The van der Waals surface area contributed by atoms with Gasteiger partial charge in [0.1, 0.15) is 5.82 Å². The largest absolute Gasteiger partial charge is 0.481 e. The van der Waals surface area contributed by atoms with Crippen LogP contribution in [-0.2, 0) is 11.2 Å². The lowest BCUT2D eigenvalue weighted by Crippen LogP contribution is -2.27. The maximum absolute atomic E-state index is 13.5. The summed E-state index contributed by atoms with van der Waals surface area (Å²) < 4.78 is 13.5. The van der Waals surface area contributed by atoms with Crippen molar-refractivity contribution in [3.8, 4) is 0 Å². The minimum Gasteiger partial charge on any atom is -0.481 e. The number of anilines is 1. The van der Waals surface area contributed by atoms with E-state index in [0.717, 1.165) is 6.07 Å². The van der Waals surface area contributed by atoms with Crippen LogP contribution in [0.5, 0.6) is 0 Å². The van der Waals surface area contributed by atoms with Gasteiger partial charge in [-0.1, -0.05) is 0 Å². The van der Waals surface area contributed by atoms with Crippen LogP contribution in [-0.4, -0.2) is 16.9 Å². The molecule has 0 amide bonds. The lowest BCUT2D eigenvalue weighted by Gasteiger charge is -2.25. The van der Waals surface area contributed by atoms with E-state index in [9.17, 15) is 14.0 Å². The second-order valence-corrected chi connectivity index (χ2v) is 4.62. The van der Waals surface area contributed by atoms with E-state index in [1.54, 1.807) is 6.92 Å². The molecule has 1 atom stereocenters. The summed E-state index contributed by atoms with van der Waals surface area (Å²) in [5.41, 5.74) is 7.16. The van der Waals surface area contributed by atoms with Crippen molar-refractivity contribution in [2.45, 2.75) is 26.2 Å². The molecule has 1 aromatic rings. The molecule has 0 aliphatic heterocycles. The fourth-order valence-electron chi connectivity index (χ4n) is 2.49. The first-order valence-electron chi connectivity index (χ1n) is 5.75. The minimum atomic E-state index is -1.01. The summed E-state index contributed by atoms with van der Waals surface area (Å²) in [5.74, 6) is -2.26. The van der Waals surface area contributed by atoms with Crippen LogP contribution in [0.4, 0.5) is 10.1 Å². The zero-order valence-corrected chi connectivity index (χ0v) is 10.00. The minimum absolute atomic E-state index is 0.105. The Bertz CT molecular complexity index is 540. The Balaban J connectivity index is 2.47. The highest BCUT2D eigenvalue weighted by Crippen LogP contribution is 2.34. The van der Waals surface area contributed by atoms with Crippen LogP contribution >= 0.6 is 0 Å². The first kappa shape index (κ1) is 12.5. The fourth-order valence-corrected chi connectivity index (χ4v) is 2.49. The van der Waals surface area contributed by atoms with Crippen molar-refractivity contribution in [1.82, 2.24) is 0 Å². The number of carbonyl (C=O) groups excluding carboxylic acids is 1. The zero-order chi connectivity index (χ0) is 13.4. The van der Waals surface area contributed by atoms with E-state index in [-0.39, 0.29) is 17.9 Å². The second-order valence-electron chi connectivity index (χ2n) is 4.62. The number of fused-ring (bicyclic) bond motifs is 1. The van der Waals surface area contributed by atoms with E-state index < -0.39 is 17.7 Å². The van der Waals surface area contributed by atoms with Crippen molar-refractivity contribution in [3.63, 3.8) is 0 Å².